The van der Waals surface area contributed by atoms with Crippen molar-refractivity contribution in [3.63, 3.8) is 0 Å². The maximum absolute atomic E-state index is 13.7. The molecule has 0 heterocycles. The summed E-state index contributed by atoms with van der Waals surface area (Å²) in [6.45, 7) is 1.68. The van der Waals surface area contributed by atoms with Gasteiger partial charge in [0.15, 0.2) is 0 Å². The topological polar surface area (TPSA) is 86.5 Å². The number of hydrogen-bond acceptors (Lipinski definition) is 4. The third kappa shape index (κ3) is 3.78. The fourth-order valence-electron chi connectivity index (χ4n) is 1.57. The first kappa shape index (κ1) is 14.6. The Labute approximate surface area is 105 Å². The summed E-state index contributed by atoms with van der Waals surface area (Å²) < 4.78 is 40.3. The number of sulfonamides is 1. The zero-order valence-electron chi connectivity index (χ0n) is 10.0. The summed E-state index contributed by atoms with van der Waals surface area (Å²) >= 11 is 0. The van der Waals surface area contributed by atoms with Crippen LogP contribution >= 0.6 is 0 Å². The molecule has 0 radical (unpaired) electrons. The Morgan fingerprint density at radius 1 is 1.50 bits per heavy atom. The first-order valence-electron chi connectivity index (χ1n) is 5.09. The van der Waals surface area contributed by atoms with E-state index in [9.17, 15) is 17.6 Å². The lowest BCUT2D eigenvalue weighted by molar-refractivity contribution is -0.141. The third-order valence-corrected chi connectivity index (χ3v) is 3.21. The Bertz CT molecular complexity index is 556. The van der Waals surface area contributed by atoms with E-state index >= 15 is 0 Å². The predicted octanol–water partition coefficient (Wildman–Crippen LogP) is 0.679. The van der Waals surface area contributed by atoms with Crippen LogP contribution in [0.5, 0.6) is 0 Å². The van der Waals surface area contributed by atoms with E-state index in [1.54, 1.807) is 13.0 Å². The minimum Gasteiger partial charge on any atom is -0.469 e. The third-order valence-electron chi connectivity index (χ3n) is 2.42. The van der Waals surface area contributed by atoms with E-state index < -0.39 is 33.5 Å². The summed E-state index contributed by atoms with van der Waals surface area (Å²) in [5, 5.41) is 4.89. The molecule has 0 amide bonds. The molecule has 7 heteroatoms. The van der Waals surface area contributed by atoms with Gasteiger partial charge in [-0.25, -0.2) is 17.9 Å². The summed E-state index contributed by atoms with van der Waals surface area (Å²) in [6.07, 6.45) is 0. The zero-order valence-corrected chi connectivity index (χ0v) is 10.8. The van der Waals surface area contributed by atoms with E-state index in [1.807, 2.05) is 0 Å². The van der Waals surface area contributed by atoms with Gasteiger partial charge in [-0.3, -0.25) is 4.79 Å². The van der Waals surface area contributed by atoms with Crippen LogP contribution < -0.4 is 5.14 Å². The van der Waals surface area contributed by atoms with Crippen molar-refractivity contribution in [2.24, 2.45) is 5.14 Å². The van der Waals surface area contributed by atoms with Crippen molar-refractivity contribution in [2.75, 3.05) is 12.9 Å². The first-order valence-corrected chi connectivity index (χ1v) is 6.80. The maximum Gasteiger partial charge on any atom is 0.314 e. The zero-order chi connectivity index (χ0) is 13.9. The SMILES string of the molecule is COC(=O)C(CS(N)(=O)=O)c1ccc(C)cc1F. The Kier molecular flexibility index (Phi) is 4.42. The fraction of sp³-hybridized carbons (Fsp3) is 0.364. The van der Waals surface area contributed by atoms with Gasteiger partial charge in [-0.2, -0.15) is 0 Å². The molecule has 1 rings (SSSR count). The molecule has 100 valence electrons. The van der Waals surface area contributed by atoms with Gasteiger partial charge in [-0.05, 0) is 18.6 Å². The van der Waals surface area contributed by atoms with Gasteiger partial charge >= 0.3 is 5.97 Å². The van der Waals surface area contributed by atoms with E-state index in [0.717, 1.165) is 7.11 Å². The number of hydrogen-bond donors (Lipinski definition) is 1. The van der Waals surface area contributed by atoms with Gasteiger partial charge in [0.2, 0.25) is 10.0 Å². The predicted molar refractivity (Wildman–Crippen MR) is 63.9 cm³/mol. The van der Waals surface area contributed by atoms with E-state index in [0.29, 0.717) is 5.56 Å². The number of esters is 1. The van der Waals surface area contributed by atoms with E-state index in [4.69, 9.17) is 5.14 Å². The largest absolute Gasteiger partial charge is 0.469 e. The van der Waals surface area contributed by atoms with Gasteiger partial charge in [0.05, 0.1) is 18.8 Å². The van der Waals surface area contributed by atoms with Crippen LogP contribution in [0.2, 0.25) is 0 Å². The van der Waals surface area contributed by atoms with Gasteiger partial charge in [0.1, 0.15) is 5.82 Å². The average molecular weight is 275 g/mol. The van der Waals surface area contributed by atoms with Crippen LogP contribution in [0.3, 0.4) is 0 Å². The molecule has 1 aromatic carbocycles. The highest BCUT2D eigenvalue weighted by Gasteiger charge is 2.28. The minimum atomic E-state index is -3.92. The number of primary sulfonamides is 1. The molecule has 0 aliphatic heterocycles. The van der Waals surface area contributed by atoms with Crippen molar-refractivity contribution >= 4 is 16.0 Å². The second-order valence-corrected chi connectivity index (χ2v) is 5.59. The van der Waals surface area contributed by atoms with Gasteiger partial charge < -0.3 is 4.74 Å². The monoisotopic (exact) mass is 275 g/mol. The maximum atomic E-state index is 13.7. The lowest BCUT2D eigenvalue weighted by atomic mass is 9.99. The highest BCUT2D eigenvalue weighted by molar-refractivity contribution is 7.89. The molecule has 2 N–H and O–H groups in total. The Morgan fingerprint density at radius 3 is 2.56 bits per heavy atom. The van der Waals surface area contributed by atoms with Crippen molar-refractivity contribution in [1.29, 1.82) is 0 Å². The number of rotatable bonds is 4. The van der Waals surface area contributed by atoms with Crippen molar-refractivity contribution < 1.29 is 22.3 Å². The number of carbonyl (C=O) groups is 1. The summed E-state index contributed by atoms with van der Waals surface area (Å²) in [5.74, 6) is -3.45. The molecular weight excluding hydrogens is 261 g/mol. The molecule has 18 heavy (non-hydrogen) atoms. The van der Waals surface area contributed by atoms with Crippen LogP contribution in [-0.2, 0) is 19.6 Å². The molecule has 5 nitrogen and oxygen atoms in total. The molecule has 0 saturated carbocycles. The number of halogens is 1. The number of methoxy groups -OCH3 is 1. The van der Waals surface area contributed by atoms with Gasteiger partial charge in [-0.15, -0.1) is 0 Å². The van der Waals surface area contributed by atoms with Gasteiger partial charge in [0.25, 0.3) is 0 Å². The number of nitrogens with two attached hydrogens (primary N) is 1. The Hall–Kier alpha value is -1.47. The Balaban J connectivity index is 3.21. The summed E-state index contributed by atoms with van der Waals surface area (Å²) in [5.41, 5.74) is 0.622. The van der Waals surface area contributed by atoms with Crippen LogP contribution in [0, 0.1) is 12.7 Å². The molecule has 1 unspecified atom stereocenters. The standard InChI is InChI=1S/C11H14FNO4S/c1-7-3-4-8(10(12)5-7)9(11(14)17-2)6-18(13,15)16/h3-5,9H,6H2,1-2H3,(H2,13,15,16). The van der Waals surface area contributed by atoms with Crippen LogP contribution in [0.15, 0.2) is 18.2 Å². The molecule has 1 aromatic rings. The van der Waals surface area contributed by atoms with E-state index in [2.05, 4.69) is 4.74 Å². The number of aryl methyl sites for hydroxylation is 1. The highest BCUT2D eigenvalue weighted by atomic mass is 32.2. The van der Waals surface area contributed by atoms with Gasteiger partial charge in [-0.1, -0.05) is 12.1 Å². The van der Waals surface area contributed by atoms with Crippen molar-refractivity contribution in [3.05, 3.63) is 35.1 Å². The Morgan fingerprint density at radius 2 is 2.11 bits per heavy atom. The number of benzene rings is 1. The van der Waals surface area contributed by atoms with Crippen molar-refractivity contribution in [2.45, 2.75) is 12.8 Å². The van der Waals surface area contributed by atoms with Gasteiger partial charge in [0, 0.05) is 5.56 Å². The second kappa shape index (κ2) is 5.45. The average Bonchev–Trinajstić information content (AvgIpc) is 2.24. The smallest absolute Gasteiger partial charge is 0.314 e. The lowest BCUT2D eigenvalue weighted by Crippen LogP contribution is -2.28. The van der Waals surface area contributed by atoms with Crippen LogP contribution in [0.25, 0.3) is 0 Å². The number of ether oxygens (including phenoxy) is 1. The molecule has 1 atom stereocenters. The van der Waals surface area contributed by atoms with Crippen molar-refractivity contribution in [1.82, 2.24) is 0 Å². The van der Waals surface area contributed by atoms with E-state index in [1.165, 1.54) is 12.1 Å². The molecule has 0 aromatic heterocycles. The molecule has 0 spiro atoms. The normalized spacial score (nSPS) is 13.1. The molecule has 0 aliphatic carbocycles. The molecule has 0 aliphatic rings. The lowest BCUT2D eigenvalue weighted by Gasteiger charge is -2.14. The van der Waals surface area contributed by atoms with Crippen LogP contribution in [-0.4, -0.2) is 27.2 Å². The van der Waals surface area contributed by atoms with Crippen LogP contribution in [0.4, 0.5) is 4.39 Å². The minimum absolute atomic E-state index is 0.0403. The van der Waals surface area contributed by atoms with E-state index in [-0.39, 0.29) is 5.56 Å². The molecule has 0 saturated heterocycles. The number of carbonyl (C=O) groups excluding carboxylic acids is 1. The summed E-state index contributed by atoms with van der Waals surface area (Å²) in [6, 6.07) is 4.16. The first-order chi connectivity index (χ1) is 8.24. The molecular formula is C11H14FNO4S. The molecule has 0 bridgehead atoms. The van der Waals surface area contributed by atoms with Crippen molar-refractivity contribution in [3.8, 4) is 0 Å². The summed E-state index contributed by atoms with van der Waals surface area (Å²) in [4.78, 5) is 11.5. The summed E-state index contributed by atoms with van der Waals surface area (Å²) in [7, 11) is -2.82. The quantitative estimate of drug-likeness (QED) is 0.819. The highest BCUT2D eigenvalue weighted by Crippen LogP contribution is 2.23. The van der Waals surface area contributed by atoms with Crippen LogP contribution in [0.1, 0.15) is 17.0 Å². The fourth-order valence-corrected chi connectivity index (χ4v) is 2.35. The second-order valence-electron chi connectivity index (χ2n) is 3.93. The molecule has 0 fully saturated rings.